The summed E-state index contributed by atoms with van der Waals surface area (Å²) in [5.74, 6) is 0.473. The highest BCUT2D eigenvalue weighted by Crippen LogP contribution is 2.24. The van der Waals surface area contributed by atoms with Crippen molar-refractivity contribution >= 4 is 11.0 Å². The van der Waals surface area contributed by atoms with Crippen molar-refractivity contribution < 1.29 is 0 Å². The van der Waals surface area contributed by atoms with Crippen LogP contribution in [0.3, 0.4) is 0 Å². The molecule has 0 fully saturated rings. The Kier molecular flexibility index (Phi) is 3.29. The highest BCUT2D eigenvalue weighted by atomic mass is 16.1. The highest BCUT2D eigenvalue weighted by molar-refractivity contribution is 5.78. The third-order valence-corrected chi connectivity index (χ3v) is 4.70. The van der Waals surface area contributed by atoms with Crippen molar-refractivity contribution in [1.29, 1.82) is 0 Å². The fourth-order valence-electron chi connectivity index (χ4n) is 3.30. The molecule has 1 aliphatic carbocycles. The maximum atomic E-state index is 12.7. The number of aromatic amines is 1. The largest absolute Gasteiger partial charge is 0.299 e. The molecule has 0 spiro atoms. The summed E-state index contributed by atoms with van der Waals surface area (Å²) >= 11 is 0. The number of nitrogens with one attached hydrogen (secondary N) is 1. The first-order valence-corrected chi connectivity index (χ1v) is 8.24. The third-order valence-electron chi connectivity index (χ3n) is 4.70. The Hall–Kier alpha value is -2.43. The van der Waals surface area contributed by atoms with E-state index in [1.165, 1.54) is 5.56 Å². The summed E-state index contributed by atoms with van der Waals surface area (Å²) < 4.78 is 1.58. The Morgan fingerprint density at radius 2 is 1.83 bits per heavy atom. The van der Waals surface area contributed by atoms with Crippen molar-refractivity contribution in [3.05, 3.63) is 51.4 Å². The van der Waals surface area contributed by atoms with Crippen molar-refractivity contribution in [1.82, 2.24) is 20.0 Å². The first-order chi connectivity index (χ1) is 11.1. The lowest BCUT2D eigenvalue weighted by Gasteiger charge is -2.13. The van der Waals surface area contributed by atoms with Crippen LogP contribution in [0.25, 0.3) is 16.7 Å². The quantitative estimate of drug-likeness (QED) is 0.791. The van der Waals surface area contributed by atoms with E-state index >= 15 is 0 Å². The lowest BCUT2D eigenvalue weighted by atomic mass is 9.96. The summed E-state index contributed by atoms with van der Waals surface area (Å²) in [5.41, 5.74) is 5.46. The first kappa shape index (κ1) is 14.2. The summed E-state index contributed by atoms with van der Waals surface area (Å²) in [4.78, 5) is 12.7. The molecule has 118 valence electrons. The number of hydrogen-bond acceptors (Lipinski definition) is 3. The number of benzene rings is 1. The highest BCUT2D eigenvalue weighted by Gasteiger charge is 2.19. The van der Waals surface area contributed by atoms with Crippen molar-refractivity contribution in [2.45, 2.75) is 45.4 Å². The molecule has 0 radical (unpaired) electrons. The van der Waals surface area contributed by atoms with Crippen LogP contribution in [0.4, 0.5) is 0 Å². The zero-order valence-corrected chi connectivity index (χ0v) is 13.5. The van der Waals surface area contributed by atoms with Crippen LogP contribution in [0.1, 0.15) is 49.4 Å². The molecule has 0 amide bonds. The molecule has 0 unspecified atom stereocenters. The van der Waals surface area contributed by atoms with Crippen LogP contribution in [0, 0.1) is 0 Å². The molecule has 3 aromatic rings. The Balaban J connectivity index is 1.87. The van der Waals surface area contributed by atoms with Crippen LogP contribution in [0.2, 0.25) is 0 Å². The van der Waals surface area contributed by atoms with Gasteiger partial charge in [-0.1, -0.05) is 26.0 Å². The predicted octanol–water partition coefficient (Wildman–Crippen LogP) is 3.11. The van der Waals surface area contributed by atoms with E-state index in [-0.39, 0.29) is 5.56 Å². The van der Waals surface area contributed by atoms with Crippen LogP contribution in [0.5, 0.6) is 0 Å². The summed E-state index contributed by atoms with van der Waals surface area (Å²) in [6, 6.07) is 8.09. The first-order valence-electron chi connectivity index (χ1n) is 8.24. The smallest absolute Gasteiger partial charge is 0.288 e. The number of aryl methyl sites for hydroxylation is 2. The Labute approximate surface area is 134 Å². The Morgan fingerprint density at radius 3 is 2.57 bits per heavy atom. The van der Waals surface area contributed by atoms with Gasteiger partial charge in [0, 0.05) is 5.56 Å². The van der Waals surface area contributed by atoms with Crippen molar-refractivity contribution in [3.63, 3.8) is 0 Å². The molecular weight excluding hydrogens is 288 g/mol. The van der Waals surface area contributed by atoms with Crippen molar-refractivity contribution in [2.24, 2.45) is 0 Å². The summed E-state index contributed by atoms with van der Waals surface area (Å²) in [7, 11) is 0. The van der Waals surface area contributed by atoms with Crippen LogP contribution in [-0.4, -0.2) is 20.0 Å². The lowest BCUT2D eigenvalue weighted by Crippen LogP contribution is -2.15. The molecule has 1 aromatic carbocycles. The number of nitrogens with zero attached hydrogens (tertiary/aromatic N) is 3. The molecule has 0 aliphatic heterocycles. The fourth-order valence-corrected chi connectivity index (χ4v) is 3.30. The molecule has 4 rings (SSSR count). The Bertz CT molecular complexity index is 919. The molecule has 23 heavy (non-hydrogen) atoms. The second-order valence-corrected chi connectivity index (χ2v) is 6.55. The van der Waals surface area contributed by atoms with Gasteiger partial charge in [0.05, 0.1) is 16.9 Å². The zero-order valence-electron chi connectivity index (χ0n) is 13.5. The van der Waals surface area contributed by atoms with Gasteiger partial charge in [0.15, 0.2) is 5.52 Å². The van der Waals surface area contributed by atoms with Gasteiger partial charge in [-0.3, -0.25) is 9.89 Å². The van der Waals surface area contributed by atoms with E-state index in [9.17, 15) is 4.79 Å². The van der Waals surface area contributed by atoms with Gasteiger partial charge in [-0.15, -0.1) is 5.10 Å². The van der Waals surface area contributed by atoms with E-state index in [1.807, 2.05) is 12.1 Å². The number of fused-ring (bicyclic) bond motifs is 3. The van der Waals surface area contributed by atoms with Gasteiger partial charge in [-0.25, -0.2) is 4.68 Å². The van der Waals surface area contributed by atoms with E-state index in [1.54, 1.807) is 4.68 Å². The van der Waals surface area contributed by atoms with E-state index in [0.29, 0.717) is 11.4 Å². The topological polar surface area (TPSA) is 63.6 Å². The van der Waals surface area contributed by atoms with Gasteiger partial charge in [-0.05, 0) is 49.3 Å². The van der Waals surface area contributed by atoms with Gasteiger partial charge in [0.1, 0.15) is 0 Å². The Morgan fingerprint density at radius 1 is 1.09 bits per heavy atom. The van der Waals surface area contributed by atoms with Crippen LogP contribution >= 0.6 is 0 Å². The third kappa shape index (κ3) is 2.27. The van der Waals surface area contributed by atoms with E-state index in [4.69, 9.17) is 0 Å². The summed E-state index contributed by atoms with van der Waals surface area (Å²) in [6.45, 7) is 4.32. The minimum Gasteiger partial charge on any atom is -0.288 e. The van der Waals surface area contributed by atoms with Gasteiger partial charge < -0.3 is 0 Å². The van der Waals surface area contributed by atoms with Gasteiger partial charge >= 0.3 is 0 Å². The number of aromatic nitrogens is 4. The molecule has 0 atom stereocenters. The number of H-pyrrole nitrogens is 1. The average molecular weight is 308 g/mol. The average Bonchev–Trinajstić information content (AvgIpc) is 2.92. The van der Waals surface area contributed by atoms with Gasteiger partial charge in [0.25, 0.3) is 5.56 Å². The molecular formula is C18H20N4O. The lowest BCUT2D eigenvalue weighted by molar-refractivity contribution is 0.661. The molecule has 5 heteroatoms. The second kappa shape index (κ2) is 5.33. The SMILES string of the molecule is CC(C)c1ccc(-n2[nH]c3c4c(nnc3c2=O)CCCC4)cc1. The zero-order chi connectivity index (χ0) is 16.0. The maximum absolute atomic E-state index is 12.7. The molecule has 0 saturated heterocycles. The monoisotopic (exact) mass is 308 g/mol. The van der Waals surface area contributed by atoms with E-state index < -0.39 is 0 Å². The number of rotatable bonds is 2. The second-order valence-electron chi connectivity index (χ2n) is 6.55. The maximum Gasteiger partial charge on any atom is 0.299 e. The molecule has 1 aliphatic rings. The minimum atomic E-state index is -0.127. The molecule has 0 saturated carbocycles. The van der Waals surface area contributed by atoms with Crippen LogP contribution in [0.15, 0.2) is 29.1 Å². The normalized spacial score (nSPS) is 14.4. The molecule has 0 bridgehead atoms. The standard InChI is InChI=1S/C18H20N4O/c1-11(2)12-7-9-13(10-8-12)22-18(23)17-16(21-22)14-5-3-4-6-15(14)19-20-17/h7-11,21H,3-6H2,1-2H3. The number of hydrogen-bond donors (Lipinski definition) is 1. The molecule has 5 nitrogen and oxygen atoms in total. The molecule has 1 N–H and O–H groups in total. The summed E-state index contributed by atoms with van der Waals surface area (Å²) in [6.07, 6.45) is 4.21. The van der Waals surface area contributed by atoms with Crippen LogP contribution < -0.4 is 5.56 Å². The van der Waals surface area contributed by atoms with Crippen LogP contribution in [-0.2, 0) is 12.8 Å². The van der Waals surface area contributed by atoms with Gasteiger partial charge in [0.2, 0.25) is 0 Å². The molecule has 2 heterocycles. The van der Waals surface area contributed by atoms with Gasteiger partial charge in [-0.2, -0.15) is 5.10 Å². The van der Waals surface area contributed by atoms with Crippen molar-refractivity contribution in [3.8, 4) is 5.69 Å². The van der Waals surface area contributed by atoms with E-state index in [0.717, 1.165) is 48.1 Å². The van der Waals surface area contributed by atoms with Crippen molar-refractivity contribution in [2.75, 3.05) is 0 Å². The summed E-state index contributed by atoms with van der Waals surface area (Å²) in [5, 5.41) is 11.7. The minimum absolute atomic E-state index is 0.127. The van der Waals surface area contributed by atoms with E-state index in [2.05, 4.69) is 41.3 Å². The molecule has 2 aromatic heterocycles. The predicted molar refractivity (Wildman–Crippen MR) is 90.2 cm³/mol. The fraction of sp³-hybridized carbons (Fsp3) is 0.389.